The third-order valence-electron chi connectivity index (χ3n) is 4.94. The first-order valence-electron chi connectivity index (χ1n) is 9.88. The van der Waals surface area contributed by atoms with E-state index in [9.17, 15) is 14.7 Å². The molecule has 33 heavy (non-hydrogen) atoms. The lowest BCUT2D eigenvalue weighted by atomic mass is 10.1. The topological polar surface area (TPSA) is 125 Å². The molecule has 0 saturated carbocycles. The number of rotatable bonds is 6. The van der Waals surface area contributed by atoms with E-state index in [2.05, 4.69) is 20.5 Å². The maximum Gasteiger partial charge on any atom is 0.295 e. The van der Waals surface area contributed by atoms with Crippen molar-refractivity contribution < 1.29 is 24.2 Å². The number of aromatic hydroxyl groups is 1. The van der Waals surface area contributed by atoms with E-state index in [0.29, 0.717) is 33.7 Å². The number of azo groups is 1. The van der Waals surface area contributed by atoms with Gasteiger partial charge in [-0.25, -0.2) is 0 Å². The molecule has 0 radical (unpaired) electrons. The van der Waals surface area contributed by atoms with Gasteiger partial charge in [-0.3, -0.25) is 9.59 Å². The summed E-state index contributed by atoms with van der Waals surface area (Å²) < 4.78 is 10.3. The minimum absolute atomic E-state index is 0.139. The molecule has 0 bridgehead atoms. The third-order valence-corrected chi connectivity index (χ3v) is 4.94. The van der Waals surface area contributed by atoms with Gasteiger partial charge in [0, 0.05) is 22.2 Å². The molecule has 0 atom stereocenters. The SMILES string of the molecule is COc1ccc(C(=O)Nc2ccc(C(=O)N=Nc3c(O)[nH]c4ccc(OC)cc34)cc2)cc1. The zero-order chi connectivity index (χ0) is 23.4. The van der Waals surface area contributed by atoms with Crippen LogP contribution in [0.15, 0.2) is 77.0 Å². The summed E-state index contributed by atoms with van der Waals surface area (Å²) in [5.41, 5.74) is 2.04. The fourth-order valence-electron chi connectivity index (χ4n) is 3.17. The minimum atomic E-state index is -0.598. The highest BCUT2D eigenvalue weighted by Crippen LogP contribution is 2.37. The molecule has 1 heterocycles. The molecule has 1 aromatic heterocycles. The van der Waals surface area contributed by atoms with Gasteiger partial charge in [-0.05, 0) is 66.7 Å². The van der Waals surface area contributed by atoms with Gasteiger partial charge in [0.25, 0.3) is 11.8 Å². The normalized spacial score (nSPS) is 11.0. The number of hydrogen-bond donors (Lipinski definition) is 3. The number of benzene rings is 3. The average Bonchev–Trinajstić information content (AvgIpc) is 3.16. The molecule has 2 amide bonds. The van der Waals surface area contributed by atoms with Crippen LogP contribution >= 0.6 is 0 Å². The number of carbonyl (C=O) groups is 2. The quantitative estimate of drug-likeness (QED) is 0.358. The zero-order valence-electron chi connectivity index (χ0n) is 17.8. The molecule has 166 valence electrons. The first-order chi connectivity index (χ1) is 16.0. The molecule has 0 spiro atoms. The van der Waals surface area contributed by atoms with Gasteiger partial charge < -0.3 is 24.9 Å². The van der Waals surface area contributed by atoms with Gasteiger partial charge in [0.15, 0.2) is 5.69 Å². The number of hydrogen-bond acceptors (Lipinski definition) is 6. The molecular weight excluding hydrogens is 424 g/mol. The predicted molar refractivity (Wildman–Crippen MR) is 123 cm³/mol. The van der Waals surface area contributed by atoms with Gasteiger partial charge in [0.1, 0.15) is 11.5 Å². The van der Waals surface area contributed by atoms with Crippen LogP contribution < -0.4 is 14.8 Å². The summed E-state index contributed by atoms with van der Waals surface area (Å²) in [6.45, 7) is 0. The van der Waals surface area contributed by atoms with E-state index in [-0.39, 0.29) is 23.0 Å². The number of anilines is 1. The second kappa shape index (κ2) is 9.23. The molecule has 4 aromatic rings. The number of amides is 2. The van der Waals surface area contributed by atoms with Crippen LogP contribution in [-0.2, 0) is 0 Å². The Labute approximate surface area is 188 Å². The summed E-state index contributed by atoms with van der Waals surface area (Å²) in [6, 6.07) is 18.1. The van der Waals surface area contributed by atoms with Crippen molar-refractivity contribution in [2.75, 3.05) is 19.5 Å². The summed E-state index contributed by atoms with van der Waals surface area (Å²) in [6.07, 6.45) is 0. The Bertz CT molecular complexity index is 1340. The molecular formula is C24H20N4O5. The van der Waals surface area contributed by atoms with Crippen LogP contribution in [0.3, 0.4) is 0 Å². The van der Waals surface area contributed by atoms with Gasteiger partial charge in [0.05, 0.1) is 19.7 Å². The molecule has 0 saturated heterocycles. The fourth-order valence-corrected chi connectivity index (χ4v) is 3.17. The summed E-state index contributed by atoms with van der Waals surface area (Å²) in [7, 11) is 3.08. The first kappa shape index (κ1) is 21.6. The van der Waals surface area contributed by atoms with Crippen molar-refractivity contribution in [3.05, 3.63) is 77.9 Å². The monoisotopic (exact) mass is 444 g/mol. The molecule has 0 fully saturated rings. The Morgan fingerprint density at radius 1 is 0.879 bits per heavy atom. The first-order valence-corrected chi connectivity index (χ1v) is 9.88. The van der Waals surface area contributed by atoms with E-state index < -0.39 is 5.91 Å². The van der Waals surface area contributed by atoms with Crippen molar-refractivity contribution in [3.63, 3.8) is 0 Å². The number of ether oxygens (including phenoxy) is 2. The maximum atomic E-state index is 12.4. The van der Waals surface area contributed by atoms with Crippen molar-refractivity contribution >= 4 is 34.1 Å². The van der Waals surface area contributed by atoms with Crippen LogP contribution in [0.5, 0.6) is 17.4 Å². The largest absolute Gasteiger partial charge is 0.497 e. The maximum absolute atomic E-state index is 12.4. The highest BCUT2D eigenvalue weighted by atomic mass is 16.5. The van der Waals surface area contributed by atoms with Crippen molar-refractivity contribution in [3.8, 4) is 17.4 Å². The molecule has 0 aliphatic heterocycles. The van der Waals surface area contributed by atoms with E-state index in [1.165, 1.54) is 19.2 Å². The van der Waals surface area contributed by atoms with Crippen LogP contribution in [0.25, 0.3) is 10.9 Å². The van der Waals surface area contributed by atoms with E-state index in [0.717, 1.165) is 0 Å². The Morgan fingerprint density at radius 2 is 1.52 bits per heavy atom. The number of nitrogens with one attached hydrogen (secondary N) is 2. The van der Waals surface area contributed by atoms with E-state index in [1.54, 1.807) is 61.7 Å². The smallest absolute Gasteiger partial charge is 0.295 e. The highest BCUT2D eigenvalue weighted by Gasteiger charge is 2.13. The van der Waals surface area contributed by atoms with Gasteiger partial charge in [0.2, 0.25) is 5.88 Å². The molecule has 0 unspecified atom stereocenters. The third kappa shape index (κ3) is 4.67. The number of H-pyrrole nitrogens is 1. The van der Waals surface area contributed by atoms with Crippen LogP contribution in [0.2, 0.25) is 0 Å². The van der Waals surface area contributed by atoms with Gasteiger partial charge in [-0.2, -0.15) is 0 Å². The van der Waals surface area contributed by atoms with Crippen molar-refractivity contribution in [1.82, 2.24) is 4.98 Å². The fraction of sp³-hybridized carbons (Fsp3) is 0.0833. The van der Waals surface area contributed by atoms with Crippen LogP contribution in [0.4, 0.5) is 11.4 Å². The number of carbonyl (C=O) groups excluding carboxylic acids is 2. The molecule has 0 aliphatic carbocycles. The summed E-state index contributed by atoms with van der Waals surface area (Å²) in [5.74, 6) is 0.146. The Kier molecular flexibility index (Phi) is 6.03. The lowest BCUT2D eigenvalue weighted by Crippen LogP contribution is -2.11. The van der Waals surface area contributed by atoms with Gasteiger partial charge >= 0.3 is 0 Å². The Hall–Kier alpha value is -4.66. The van der Waals surface area contributed by atoms with Crippen LogP contribution in [0, 0.1) is 0 Å². The zero-order valence-corrected chi connectivity index (χ0v) is 17.8. The van der Waals surface area contributed by atoms with Crippen molar-refractivity contribution in [2.24, 2.45) is 10.2 Å². The number of nitrogens with zero attached hydrogens (tertiary/aromatic N) is 2. The number of aromatic amines is 1. The summed E-state index contributed by atoms with van der Waals surface area (Å²) in [5, 5.41) is 21.1. The van der Waals surface area contributed by atoms with E-state index in [1.807, 2.05) is 0 Å². The second-order valence-electron chi connectivity index (χ2n) is 7.00. The number of aromatic nitrogens is 1. The van der Waals surface area contributed by atoms with Gasteiger partial charge in [-0.15, -0.1) is 10.2 Å². The number of methoxy groups -OCH3 is 2. The molecule has 3 N–H and O–H groups in total. The molecule has 9 heteroatoms. The summed E-state index contributed by atoms with van der Waals surface area (Å²) >= 11 is 0. The molecule has 9 nitrogen and oxygen atoms in total. The van der Waals surface area contributed by atoms with Crippen molar-refractivity contribution in [1.29, 1.82) is 0 Å². The lowest BCUT2D eigenvalue weighted by molar-refractivity contribution is 0.0993. The lowest BCUT2D eigenvalue weighted by Gasteiger charge is -2.06. The molecule has 0 aliphatic rings. The van der Waals surface area contributed by atoms with Gasteiger partial charge in [-0.1, -0.05) is 0 Å². The molecule has 4 rings (SSSR count). The summed E-state index contributed by atoms with van der Waals surface area (Å²) in [4.78, 5) is 27.6. The standard InChI is InChI=1S/C24H20N4O5/c1-32-17-9-5-14(6-10-17)22(29)25-16-7-3-15(4-8-16)23(30)28-27-21-19-13-18(33-2)11-12-20(19)26-24(21)31/h3-13,26,31H,1-2H3,(H,25,29). The minimum Gasteiger partial charge on any atom is -0.497 e. The van der Waals surface area contributed by atoms with Crippen LogP contribution in [-0.4, -0.2) is 36.1 Å². The van der Waals surface area contributed by atoms with Crippen LogP contribution in [0.1, 0.15) is 20.7 Å². The Balaban J connectivity index is 1.46. The molecule has 3 aromatic carbocycles. The van der Waals surface area contributed by atoms with E-state index in [4.69, 9.17) is 9.47 Å². The average molecular weight is 444 g/mol. The van der Waals surface area contributed by atoms with Crippen molar-refractivity contribution in [2.45, 2.75) is 0 Å². The highest BCUT2D eigenvalue weighted by molar-refractivity contribution is 6.04. The number of fused-ring (bicyclic) bond motifs is 1. The second-order valence-corrected chi connectivity index (χ2v) is 7.00. The predicted octanol–water partition coefficient (Wildman–Crippen LogP) is 5.07. The van der Waals surface area contributed by atoms with E-state index >= 15 is 0 Å². The Morgan fingerprint density at radius 3 is 2.18 bits per heavy atom.